The van der Waals surface area contributed by atoms with Gasteiger partial charge in [0.1, 0.15) is 6.61 Å². The Morgan fingerprint density at radius 3 is 2.58 bits per heavy atom. The molecule has 0 unspecified atom stereocenters. The summed E-state index contributed by atoms with van der Waals surface area (Å²) in [5, 5.41) is 12.8. The molecule has 0 aliphatic carbocycles. The SMILES string of the molecule is COCCOC(=O)c1nnc2c(-c3ccccc3)c(C)nn2c1C. The maximum Gasteiger partial charge on any atom is 0.360 e. The number of methoxy groups -OCH3 is 1. The van der Waals surface area contributed by atoms with E-state index in [9.17, 15) is 4.79 Å². The Hall–Kier alpha value is -2.80. The first-order chi connectivity index (χ1) is 11.6. The fourth-order valence-electron chi connectivity index (χ4n) is 2.53. The maximum atomic E-state index is 12.1. The molecule has 0 saturated carbocycles. The Morgan fingerprint density at radius 2 is 1.88 bits per heavy atom. The highest BCUT2D eigenvalue weighted by atomic mass is 16.6. The molecule has 0 saturated heterocycles. The van der Waals surface area contributed by atoms with Crippen LogP contribution in [0.25, 0.3) is 16.8 Å². The normalized spacial score (nSPS) is 11.0. The molecule has 0 aliphatic heterocycles. The molecule has 0 atom stereocenters. The highest BCUT2D eigenvalue weighted by Gasteiger charge is 2.20. The Kier molecular flexibility index (Phi) is 4.52. The predicted molar refractivity (Wildman–Crippen MR) is 87.9 cm³/mol. The summed E-state index contributed by atoms with van der Waals surface area (Å²) in [7, 11) is 1.54. The van der Waals surface area contributed by atoms with Gasteiger partial charge in [-0.25, -0.2) is 9.31 Å². The summed E-state index contributed by atoms with van der Waals surface area (Å²) in [5.41, 5.74) is 4.10. The van der Waals surface area contributed by atoms with Gasteiger partial charge < -0.3 is 9.47 Å². The summed E-state index contributed by atoms with van der Waals surface area (Å²) in [6.07, 6.45) is 0. The third kappa shape index (κ3) is 2.85. The smallest absolute Gasteiger partial charge is 0.360 e. The number of carbonyl (C=O) groups is 1. The van der Waals surface area contributed by atoms with Crippen LogP contribution in [0.3, 0.4) is 0 Å². The maximum absolute atomic E-state index is 12.1. The largest absolute Gasteiger partial charge is 0.458 e. The average Bonchev–Trinajstić information content (AvgIpc) is 2.93. The van der Waals surface area contributed by atoms with Crippen molar-refractivity contribution in [1.29, 1.82) is 0 Å². The van der Waals surface area contributed by atoms with Crippen molar-refractivity contribution in [2.45, 2.75) is 13.8 Å². The number of hydrogen-bond acceptors (Lipinski definition) is 6. The van der Waals surface area contributed by atoms with Gasteiger partial charge in [-0.05, 0) is 19.4 Å². The molecule has 1 aromatic carbocycles. The van der Waals surface area contributed by atoms with Gasteiger partial charge in [-0.1, -0.05) is 30.3 Å². The van der Waals surface area contributed by atoms with Crippen LogP contribution < -0.4 is 0 Å². The molecule has 2 aromatic heterocycles. The third-order valence-electron chi connectivity index (χ3n) is 3.72. The van der Waals surface area contributed by atoms with E-state index in [2.05, 4.69) is 15.3 Å². The van der Waals surface area contributed by atoms with Gasteiger partial charge in [-0.2, -0.15) is 5.10 Å². The average molecular weight is 326 g/mol. The highest BCUT2D eigenvalue weighted by Crippen LogP contribution is 2.27. The standard InChI is InChI=1S/C17H18N4O3/c1-11-14(13-7-5-4-6-8-13)16-19-18-15(12(2)21(16)20-11)17(22)24-10-9-23-3/h4-8H,9-10H2,1-3H3. The van der Waals surface area contributed by atoms with E-state index in [0.717, 1.165) is 16.8 Å². The molecule has 0 spiro atoms. The van der Waals surface area contributed by atoms with Crippen molar-refractivity contribution in [2.75, 3.05) is 20.3 Å². The lowest BCUT2D eigenvalue weighted by Gasteiger charge is -2.06. The van der Waals surface area contributed by atoms with E-state index in [-0.39, 0.29) is 12.3 Å². The van der Waals surface area contributed by atoms with Crippen LogP contribution in [0.2, 0.25) is 0 Å². The molecule has 24 heavy (non-hydrogen) atoms. The topological polar surface area (TPSA) is 78.6 Å². The van der Waals surface area contributed by atoms with Crippen LogP contribution in [0.4, 0.5) is 0 Å². The number of esters is 1. The highest BCUT2D eigenvalue weighted by molar-refractivity contribution is 5.89. The van der Waals surface area contributed by atoms with Crippen LogP contribution >= 0.6 is 0 Å². The number of aryl methyl sites for hydroxylation is 2. The summed E-state index contributed by atoms with van der Waals surface area (Å²) < 4.78 is 11.6. The summed E-state index contributed by atoms with van der Waals surface area (Å²) in [6, 6.07) is 9.86. The van der Waals surface area contributed by atoms with Gasteiger partial charge in [-0.3, -0.25) is 0 Å². The second-order valence-corrected chi connectivity index (χ2v) is 5.32. The van der Waals surface area contributed by atoms with E-state index >= 15 is 0 Å². The van der Waals surface area contributed by atoms with E-state index in [4.69, 9.17) is 9.47 Å². The van der Waals surface area contributed by atoms with Gasteiger partial charge >= 0.3 is 5.97 Å². The van der Waals surface area contributed by atoms with Crippen LogP contribution in [-0.2, 0) is 9.47 Å². The van der Waals surface area contributed by atoms with Crippen LogP contribution in [0.15, 0.2) is 30.3 Å². The van der Waals surface area contributed by atoms with E-state index in [1.54, 1.807) is 18.5 Å². The molecule has 0 N–H and O–H groups in total. The number of hydrogen-bond donors (Lipinski definition) is 0. The Morgan fingerprint density at radius 1 is 1.12 bits per heavy atom. The molecule has 7 nitrogen and oxygen atoms in total. The lowest BCUT2D eigenvalue weighted by molar-refractivity contribution is 0.0378. The zero-order valence-corrected chi connectivity index (χ0v) is 13.8. The number of fused-ring (bicyclic) bond motifs is 1. The number of rotatable bonds is 5. The van der Waals surface area contributed by atoms with Crippen LogP contribution in [0.5, 0.6) is 0 Å². The fourth-order valence-corrected chi connectivity index (χ4v) is 2.53. The van der Waals surface area contributed by atoms with E-state index in [1.807, 2.05) is 37.3 Å². The zero-order valence-electron chi connectivity index (χ0n) is 13.8. The summed E-state index contributed by atoms with van der Waals surface area (Å²) in [4.78, 5) is 12.1. The van der Waals surface area contributed by atoms with E-state index < -0.39 is 5.97 Å². The second kappa shape index (κ2) is 6.76. The number of nitrogens with zero attached hydrogens (tertiary/aromatic N) is 4. The molecule has 0 bridgehead atoms. The summed E-state index contributed by atoms with van der Waals surface area (Å²) in [6.45, 7) is 4.18. The first kappa shape index (κ1) is 16.1. The van der Waals surface area contributed by atoms with Crippen LogP contribution in [-0.4, -0.2) is 46.1 Å². The molecule has 2 heterocycles. The van der Waals surface area contributed by atoms with Gasteiger partial charge in [0.05, 0.1) is 23.6 Å². The fraction of sp³-hybridized carbons (Fsp3) is 0.294. The molecular formula is C17H18N4O3. The Balaban J connectivity index is 2.04. The van der Waals surface area contributed by atoms with Gasteiger partial charge in [0, 0.05) is 7.11 Å². The number of benzene rings is 1. The van der Waals surface area contributed by atoms with E-state index in [1.165, 1.54) is 0 Å². The predicted octanol–water partition coefficient (Wildman–Crippen LogP) is 2.21. The minimum absolute atomic E-state index is 0.153. The molecule has 124 valence electrons. The van der Waals surface area contributed by atoms with E-state index in [0.29, 0.717) is 17.9 Å². The molecular weight excluding hydrogens is 308 g/mol. The monoisotopic (exact) mass is 326 g/mol. The van der Waals surface area contributed by atoms with Crippen molar-refractivity contribution < 1.29 is 14.3 Å². The molecule has 0 aliphatic rings. The van der Waals surface area contributed by atoms with Crippen molar-refractivity contribution >= 4 is 11.6 Å². The van der Waals surface area contributed by atoms with Crippen molar-refractivity contribution in [1.82, 2.24) is 19.8 Å². The quantitative estimate of drug-likeness (QED) is 0.528. The van der Waals surface area contributed by atoms with Gasteiger partial charge in [0.25, 0.3) is 0 Å². The van der Waals surface area contributed by atoms with Gasteiger partial charge in [-0.15, -0.1) is 10.2 Å². The lowest BCUT2D eigenvalue weighted by atomic mass is 10.1. The minimum Gasteiger partial charge on any atom is -0.458 e. The van der Waals surface area contributed by atoms with Crippen LogP contribution in [0, 0.1) is 13.8 Å². The molecule has 0 radical (unpaired) electrons. The van der Waals surface area contributed by atoms with Crippen molar-refractivity contribution in [3.63, 3.8) is 0 Å². The number of aromatic nitrogens is 4. The zero-order chi connectivity index (χ0) is 17.1. The summed E-state index contributed by atoms with van der Waals surface area (Å²) in [5.74, 6) is -0.534. The van der Waals surface area contributed by atoms with Gasteiger partial charge in [0.2, 0.25) is 0 Å². The first-order valence-electron chi connectivity index (χ1n) is 7.57. The third-order valence-corrected chi connectivity index (χ3v) is 3.72. The Bertz CT molecular complexity index is 874. The van der Waals surface area contributed by atoms with Crippen molar-refractivity contribution in [3.8, 4) is 11.1 Å². The lowest BCUT2D eigenvalue weighted by Crippen LogP contribution is -2.16. The van der Waals surface area contributed by atoms with Crippen molar-refractivity contribution in [2.24, 2.45) is 0 Å². The molecule has 3 aromatic rings. The minimum atomic E-state index is -0.534. The first-order valence-corrected chi connectivity index (χ1v) is 7.57. The summed E-state index contributed by atoms with van der Waals surface area (Å²) >= 11 is 0. The van der Waals surface area contributed by atoms with Crippen LogP contribution in [0.1, 0.15) is 21.9 Å². The number of carbonyl (C=O) groups excluding carboxylic acids is 1. The molecule has 3 rings (SSSR count). The molecule has 0 fully saturated rings. The van der Waals surface area contributed by atoms with Gasteiger partial charge in [0.15, 0.2) is 11.3 Å². The second-order valence-electron chi connectivity index (χ2n) is 5.32. The molecule has 0 amide bonds. The molecule has 7 heteroatoms. The van der Waals surface area contributed by atoms with Crippen molar-refractivity contribution in [3.05, 3.63) is 47.4 Å². The Labute approximate surface area is 139 Å². The number of ether oxygens (including phenoxy) is 2.